The molecule has 9 heteroatoms. The lowest BCUT2D eigenvalue weighted by Crippen LogP contribution is -2.17. The quantitative estimate of drug-likeness (QED) is 0.790. The van der Waals surface area contributed by atoms with E-state index in [1.165, 1.54) is 0 Å². The number of halogens is 5. The van der Waals surface area contributed by atoms with Gasteiger partial charge in [-0.05, 0) is 0 Å². The number of aromatic nitrogens is 2. The van der Waals surface area contributed by atoms with Gasteiger partial charge in [0.25, 0.3) is 6.43 Å². The molecule has 0 aliphatic rings. The first kappa shape index (κ1) is 11.4. The van der Waals surface area contributed by atoms with E-state index in [0.717, 1.165) is 0 Å². The van der Waals surface area contributed by atoms with Gasteiger partial charge in [-0.3, -0.25) is 0 Å². The lowest BCUT2D eigenvalue weighted by molar-refractivity contribution is -0.212. The Balaban J connectivity index is 3.28. The van der Waals surface area contributed by atoms with Gasteiger partial charge in [0.1, 0.15) is 11.3 Å². The Morgan fingerprint density at radius 2 is 2.00 bits per heavy atom. The number of aromatic carboxylic acids is 1. The van der Waals surface area contributed by atoms with Crippen LogP contribution in [0.25, 0.3) is 0 Å². The Kier molecular flexibility index (Phi) is 2.65. The van der Waals surface area contributed by atoms with Crippen molar-refractivity contribution in [1.29, 1.82) is 0 Å². The van der Waals surface area contributed by atoms with E-state index in [0.29, 0.717) is 0 Å². The average Bonchev–Trinajstić information content (AvgIpc) is 2.45. The topological polar surface area (TPSA) is 55.1 Å². The van der Waals surface area contributed by atoms with Crippen LogP contribution in [0.1, 0.15) is 22.5 Å². The van der Waals surface area contributed by atoms with Crippen LogP contribution >= 0.6 is 0 Å². The van der Waals surface area contributed by atoms with E-state index in [4.69, 9.17) is 5.11 Å². The summed E-state index contributed by atoms with van der Waals surface area (Å²) >= 11 is 0. The van der Waals surface area contributed by atoms with Crippen molar-refractivity contribution < 1.29 is 31.9 Å². The zero-order chi connectivity index (χ0) is 11.8. The summed E-state index contributed by atoms with van der Waals surface area (Å²) in [6.45, 7) is 0. The van der Waals surface area contributed by atoms with Crippen molar-refractivity contribution in [2.24, 2.45) is 0 Å². The first-order valence-electron chi connectivity index (χ1n) is 3.41. The molecule has 0 atom stereocenters. The summed E-state index contributed by atoms with van der Waals surface area (Å²) < 4.78 is 59.3. The molecule has 4 nitrogen and oxygen atoms in total. The van der Waals surface area contributed by atoms with Gasteiger partial charge < -0.3 is 5.11 Å². The molecule has 1 rings (SSSR count). The molecular weight excluding hydrogens is 227 g/mol. The fourth-order valence-electron chi connectivity index (χ4n) is 0.843. The molecule has 0 amide bonds. The Morgan fingerprint density at radius 3 is 2.27 bits per heavy atom. The van der Waals surface area contributed by atoms with Crippen LogP contribution in [0.15, 0.2) is 6.20 Å². The number of nitrogens with zero attached hydrogens (tertiary/aromatic N) is 2. The molecule has 0 aromatic carbocycles. The molecular formula is C6H3F5N2O2. The van der Waals surface area contributed by atoms with Crippen molar-refractivity contribution in [2.75, 3.05) is 0 Å². The molecule has 84 valence electrons. The second kappa shape index (κ2) is 3.48. The van der Waals surface area contributed by atoms with Gasteiger partial charge in [0.15, 0.2) is 0 Å². The van der Waals surface area contributed by atoms with E-state index in [9.17, 15) is 26.7 Å². The van der Waals surface area contributed by atoms with Crippen LogP contribution in [-0.4, -0.2) is 20.9 Å². The van der Waals surface area contributed by atoms with Gasteiger partial charge in [0, 0.05) is 6.20 Å². The maximum Gasteiger partial charge on any atom is 0.504 e. The molecule has 0 fully saturated rings. The lowest BCUT2D eigenvalue weighted by Gasteiger charge is -2.03. The molecule has 0 aliphatic heterocycles. The minimum atomic E-state index is -5.02. The summed E-state index contributed by atoms with van der Waals surface area (Å²) in [5, 5.41) is 10.8. The van der Waals surface area contributed by atoms with Crippen molar-refractivity contribution in [1.82, 2.24) is 9.78 Å². The molecule has 1 N–H and O–H groups in total. The van der Waals surface area contributed by atoms with Crippen LogP contribution < -0.4 is 0 Å². The normalized spacial score (nSPS) is 12.1. The Bertz CT molecular complexity index is 383. The number of alkyl halides is 5. The van der Waals surface area contributed by atoms with Crippen LogP contribution in [-0.2, 0) is 6.30 Å². The molecule has 0 saturated heterocycles. The average molecular weight is 230 g/mol. The molecule has 0 unspecified atom stereocenters. The lowest BCUT2D eigenvalue weighted by atomic mass is 10.2. The molecule has 0 saturated carbocycles. The van der Waals surface area contributed by atoms with Crippen molar-refractivity contribution in [2.45, 2.75) is 12.7 Å². The number of carbonyl (C=O) groups is 1. The predicted molar refractivity (Wildman–Crippen MR) is 35.4 cm³/mol. The van der Waals surface area contributed by atoms with E-state index in [1.807, 2.05) is 0 Å². The SMILES string of the molecule is O=C(O)c1cn(C(F)(F)F)nc1C(F)F. The van der Waals surface area contributed by atoms with Gasteiger partial charge in [0.2, 0.25) is 0 Å². The van der Waals surface area contributed by atoms with E-state index in [-0.39, 0.29) is 6.20 Å². The standard InChI is InChI=1S/C6H3F5N2O2/c7-4(8)3-2(5(14)15)1-13(12-3)6(9,10)11/h1,4H,(H,14,15). The minimum absolute atomic E-state index is 0.00380. The van der Waals surface area contributed by atoms with Crippen LogP contribution in [0.3, 0.4) is 0 Å². The highest BCUT2D eigenvalue weighted by Gasteiger charge is 2.35. The fraction of sp³-hybridized carbons (Fsp3) is 0.333. The zero-order valence-corrected chi connectivity index (χ0v) is 6.79. The molecule has 1 heterocycles. The molecule has 0 spiro atoms. The minimum Gasteiger partial charge on any atom is -0.478 e. The fourth-order valence-corrected chi connectivity index (χ4v) is 0.843. The Hall–Kier alpha value is -1.67. The van der Waals surface area contributed by atoms with Gasteiger partial charge in [-0.15, -0.1) is 13.2 Å². The number of hydrogen-bond donors (Lipinski definition) is 1. The van der Waals surface area contributed by atoms with Gasteiger partial charge in [-0.1, -0.05) is 0 Å². The first-order valence-corrected chi connectivity index (χ1v) is 3.41. The highest BCUT2D eigenvalue weighted by Crippen LogP contribution is 2.27. The largest absolute Gasteiger partial charge is 0.504 e. The second-order valence-electron chi connectivity index (χ2n) is 2.45. The maximum absolute atomic E-state index is 12.1. The summed E-state index contributed by atoms with van der Waals surface area (Å²) in [6, 6.07) is 0. The van der Waals surface area contributed by atoms with Crippen LogP contribution in [0.2, 0.25) is 0 Å². The van der Waals surface area contributed by atoms with Crippen molar-refractivity contribution in [3.63, 3.8) is 0 Å². The Morgan fingerprint density at radius 1 is 1.47 bits per heavy atom. The van der Waals surface area contributed by atoms with Gasteiger partial charge in [0.05, 0.1) is 0 Å². The van der Waals surface area contributed by atoms with Crippen molar-refractivity contribution >= 4 is 5.97 Å². The molecule has 0 bridgehead atoms. The van der Waals surface area contributed by atoms with E-state index in [1.54, 1.807) is 0 Å². The molecule has 1 aromatic heterocycles. The summed E-state index contributed by atoms with van der Waals surface area (Å²) in [5.74, 6) is -1.89. The molecule has 15 heavy (non-hydrogen) atoms. The van der Waals surface area contributed by atoms with Crippen LogP contribution in [0.4, 0.5) is 22.0 Å². The third kappa shape index (κ3) is 2.22. The maximum atomic E-state index is 12.1. The van der Waals surface area contributed by atoms with Crippen molar-refractivity contribution in [3.8, 4) is 0 Å². The van der Waals surface area contributed by atoms with E-state index >= 15 is 0 Å². The van der Waals surface area contributed by atoms with Crippen LogP contribution in [0.5, 0.6) is 0 Å². The monoisotopic (exact) mass is 230 g/mol. The summed E-state index contributed by atoms with van der Waals surface area (Å²) in [6.07, 6.45) is -8.39. The molecule has 0 aliphatic carbocycles. The number of hydrogen-bond acceptors (Lipinski definition) is 2. The number of rotatable bonds is 2. The van der Waals surface area contributed by atoms with Gasteiger partial charge >= 0.3 is 12.3 Å². The number of carboxylic acid groups (broad SMARTS) is 1. The smallest absolute Gasteiger partial charge is 0.478 e. The third-order valence-corrected chi connectivity index (χ3v) is 1.44. The molecule has 1 aromatic rings. The summed E-state index contributed by atoms with van der Waals surface area (Å²) in [5.41, 5.74) is -2.57. The van der Waals surface area contributed by atoms with Crippen molar-refractivity contribution in [3.05, 3.63) is 17.5 Å². The zero-order valence-electron chi connectivity index (χ0n) is 6.79. The first-order chi connectivity index (χ1) is 6.73. The molecule has 0 radical (unpaired) electrons. The number of carboxylic acids is 1. The predicted octanol–water partition coefficient (Wildman–Crippen LogP) is 2.00. The van der Waals surface area contributed by atoms with E-state index < -0.39 is 34.6 Å². The van der Waals surface area contributed by atoms with Gasteiger partial charge in [-0.25, -0.2) is 13.6 Å². The third-order valence-electron chi connectivity index (χ3n) is 1.44. The highest BCUT2D eigenvalue weighted by molar-refractivity contribution is 5.88. The van der Waals surface area contributed by atoms with E-state index in [2.05, 4.69) is 5.10 Å². The van der Waals surface area contributed by atoms with Crippen LogP contribution in [0, 0.1) is 0 Å². The highest BCUT2D eigenvalue weighted by atomic mass is 19.4. The summed E-state index contributed by atoms with van der Waals surface area (Å²) in [7, 11) is 0. The summed E-state index contributed by atoms with van der Waals surface area (Å²) in [4.78, 5) is 10.3. The Labute approximate surface area is 78.9 Å². The second-order valence-corrected chi connectivity index (χ2v) is 2.45. The van der Waals surface area contributed by atoms with Gasteiger partial charge in [-0.2, -0.15) is 9.78 Å².